The summed E-state index contributed by atoms with van der Waals surface area (Å²) in [6, 6.07) is 9.72. The number of hydrogen-bond acceptors (Lipinski definition) is 5. The van der Waals surface area contributed by atoms with Crippen molar-refractivity contribution in [1.82, 2.24) is 9.80 Å². The van der Waals surface area contributed by atoms with Crippen LogP contribution in [0.1, 0.15) is 42.8 Å². The van der Waals surface area contributed by atoms with Gasteiger partial charge in [-0.25, -0.2) is 0 Å². The van der Waals surface area contributed by atoms with Crippen LogP contribution in [-0.4, -0.2) is 41.0 Å². The van der Waals surface area contributed by atoms with Crippen molar-refractivity contribution < 1.29 is 23.5 Å². The number of aryl methyl sites for hydroxylation is 1. The van der Waals surface area contributed by atoms with Crippen molar-refractivity contribution in [3.05, 3.63) is 47.4 Å². The summed E-state index contributed by atoms with van der Waals surface area (Å²) in [5.74, 6) is 3.14. The second-order valence-corrected chi connectivity index (χ2v) is 8.42. The summed E-state index contributed by atoms with van der Waals surface area (Å²) in [6.07, 6.45) is 3.88. The molecule has 2 saturated carbocycles. The minimum absolute atomic E-state index is 0.0670. The lowest BCUT2D eigenvalue weighted by Gasteiger charge is -2.27. The molecule has 0 unspecified atom stereocenters. The number of furan rings is 1. The SMILES string of the molecule is Cc1ccc(CN(Cc2ccc3c(c2)OCO3)C(=O)CN(C(=O)C2CC2)C2CC2)o1. The van der Waals surface area contributed by atoms with Gasteiger partial charge in [0.05, 0.1) is 6.54 Å². The third-order valence-electron chi connectivity index (χ3n) is 5.81. The van der Waals surface area contributed by atoms with Gasteiger partial charge in [-0.15, -0.1) is 0 Å². The lowest BCUT2D eigenvalue weighted by Crippen LogP contribution is -2.44. The summed E-state index contributed by atoms with van der Waals surface area (Å²) in [6.45, 7) is 3.00. The molecule has 30 heavy (non-hydrogen) atoms. The van der Waals surface area contributed by atoms with Gasteiger partial charge in [-0.2, -0.15) is 0 Å². The molecule has 1 aromatic carbocycles. The molecule has 2 fully saturated rings. The number of fused-ring (bicyclic) bond motifs is 1. The van der Waals surface area contributed by atoms with E-state index in [2.05, 4.69) is 0 Å². The molecule has 0 spiro atoms. The first-order valence-electron chi connectivity index (χ1n) is 10.6. The molecular formula is C23H26N2O5. The van der Waals surface area contributed by atoms with E-state index < -0.39 is 0 Å². The Balaban J connectivity index is 1.34. The van der Waals surface area contributed by atoms with Gasteiger partial charge in [0.1, 0.15) is 18.1 Å². The van der Waals surface area contributed by atoms with Crippen LogP contribution in [0, 0.1) is 12.8 Å². The van der Waals surface area contributed by atoms with Crippen molar-refractivity contribution in [2.75, 3.05) is 13.3 Å². The van der Waals surface area contributed by atoms with E-state index in [0.29, 0.717) is 24.6 Å². The Bertz CT molecular complexity index is 960. The Labute approximate surface area is 175 Å². The van der Waals surface area contributed by atoms with Gasteiger partial charge < -0.3 is 23.7 Å². The summed E-state index contributed by atoms with van der Waals surface area (Å²) < 4.78 is 16.6. The van der Waals surface area contributed by atoms with Gasteiger partial charge in [-0.1, -0.05) is 6.07 Å². The Kier molecular flexibility index (Phi) is 4.89. The first kappa shape index (κ1) is 19.0. The highest BCUT2D eigenvalue weighted by Gasteiger charge is 2.41. The van der Waals surface area contributed by atoms with Crippen LogP contribution in [-0.2, 0) is 22.7 Å². The number of amides is 2. The molecule has 2 amide bonds. The maximum Gasteiger partial charge on any atom is 0.242 e. The van der Waals surface area contributed by atoms with Crippen molar-refractivity contribution >= 4 is 11.8 Å². The Hall–Kier alpha value is -2.96. The lowest BCUT2D eigenvalue weighted by molar-refractivity contribution is -0.142. The summed E-state index contributed by atoms with van der Waals surface area (Å²) in [4.78, 5) is 29.6. The van der Waals surface area contributed by atoms with Crippen LogP contribution in [0.15, 0.2) is 34.7 Å². The molecule has 2 aromatic rings. The zero-order chi connectivity index (χ0) is 20.7. The van der Waals surface area contributed by atoms with Crippen LogP contribution in [0.4, 0.5) is 0 Å². The van der Waals surface area contributed by atoms with E-state index in [0.717, 1.165) is 42.8 Å². The van der Waals surface area contributed by atoms with Gasteiger partial charge in [0.25, 0.3) is 0 Å². The molecule has 0 radical (unpaired) electrons. The van der Waals surface area contributed by atoms with E-state index in [-0.39, 0.29) is 37.1 Å². The van der Waals surface area contributed by atoms with Crippen LogP contribution >= 0.6 is 0 Å². The summed E-state index contributed by atoms with van der Waals surface area (Å²) in [7, 11) is 0. The van der Waals surface area contributed by atoms with Gasteiger partial charge in [0.2, 0.25) is 18.6 Å². The zero-order valence-corrected chi connectivity index (χ0v) is 17.1. The smallest absolute Gasteiger partial charge is 0.242 e. The minimum atomic E-state index is -0.0670. The largest absolute Gasteiger partial charge is 0.464 e. The Morgan fingerprint density at radius 1 is 1.00 bits per heavy atom. The van der Waals surface area contributed by atoms with Gasteiger partial charge in [-0.3, -0.25) is 9.59 Å². The average Bonchev–Trinajstić information content (AvgIpc) is 3.66. The molecule has 7 heteroatoms. The number of ether oxygens (including phenoxy) is 2. The average molecular weight is 410 g/mol. The molecule has 0 atom stereocenters. The normalized spacial score (nSPS) is 17.1. The molecule has 1 aliphatic heterocycles. The summed E-state index contributed by atoms with van der Waals surface area (Å²) in [5.41, 5.74) is 0.947. The summed E-state index contributed by atoms with van der Waals surface area (Å²) >= 11 is 0. The van der Waals surface area contributed by atoms with Gasteiger partial charge >= 0.3 is 0 Å². The molecule has 0 N–H and O–H groups in total. The lowest BCUT2D eigenvalue weighted by atomic mass is 10.1. The fourth-order valence-electron chi connectivity index (χ4n) is 3.83. The number of carbonyl (C=O) groups excluding carboxylic acids is 2. The van der Waals surface area contributed by atoms with Crippen molar-refractivity contribution in [2.45, 2.75) is 51.7 Å². The predicted octanol–water partition coefficient (Wildman–Crippen LogP) is 3.25. The van der Waals surface area contributed by atoms with Crippen LogP contribution in [0.2, 0.25) is 0 Å². The van der Waals surface area contributed by atoms with Crippen molar-refractivity contribution in [2.24, 2.45) is 5.92 Å². The molecule has 1 aromatic heterocycles. The Morgan fingerprint density at radius 3 is 2.50 bits per heavy atom. The van der Waals surface area contributed by atoms with Crippen molar-refractivity contribution in [1.29, 1.82) is 0 Å². The van der Waals surface area contributed by atoms with Crippen LogP contribution in [0.5, 0.6) is 11.5 Å². The van der Waals surface area contributed by atoms with Gasteiger partial charge in [-0.05, 0) is 62.4 Å². The summed E-state index contributed by atoms with van der Waals surface area (Å²) in [5, 5.41) is 0. The zero-order valence-electron chi connectivity index (χ0n) is 17.1. The van der Waals surface area contributed by atoms with Crippen LogP contribution in [0.25, 0.3) is 0 Å². The number of hydrogen-bond donors (Lipinski definition) is 0. The molecule has 2 heterocycles. The molecule has 0 bridgehead atoms. The third kappa shape index (κ3) is 4.15. The van der Waals surface area contributed by atoms with E-state index in [4.69, 9.17) is 13.9 Å². The molecule has 158 valence electrons. The quantitative estimate of drug-likeness (QED) is 0.668. The number of benzene rings is 1. The van der Waals surface area contributed by atoms with Crippen molar-refractivity contribution in [3.8, 4) is 11.5 Å². The second kappa shape index (κ2) is 7.70. The standard InChI is InChI=1S/C23H26N2O5/c1-15-2-8-19(30-15)12-24(11-16-3-9-20-21(10-16)29-14-28-20)22(26)13-25(18-6-7-18)23(27)17-4-5-17/h2-3,8-10,17-18H,4-7,11-14H2,1H3. The monoisotopic (exact) mass is 410 g/mol. The van der Waals surface area contributed by atoms with E-state index in [1.54, 1.807) is 9.80 Å². The van der Waals surface area contributed by atoms with E-state index in [9.17, 15) is 9.59 Å². The molecule has 5 rings (SSSR count). The first-order chi connectivity index (χ1) is 14.6. The maximum absolute atomic E-state index is 13.3. The van der Waals surface area contributed by atoms with E-state index >= 15 is 0 Å². The van der Waals surface area contributed by atoms with E-state index in [1.165, 1.54) is 0 Å². The topological polar surface area (TPSA) is 72.2 Å². The Morgan fingerprint density at radius 2 is 1.80 bits per heavy atom. The highest BCUT2D eigenvalue weighted by molar-refractivity contribution is 5.87. The molecule has 0 saturated heterocycles. The predicted molar refractivity (Wildman–Crippen MR) is 108 cm³/mol. The number of rotatable bonds is 8. The van der Waals surface area contributed by atoms with Crippen LogP contribution < -0.4 is 9.47 Å². The molecule has 7 nitrogen and oxygen atoms in total. The molecule has 3 aliphatic rings. The molecular weight excluding hydrogens is 384 g/mol. The van der Waals surface area contributed by atoms with Gasteiger partial charge in [0, 0.05) is 18.5 Å². The van der Waals surface area contributed by atoms with Gasteiger partial charge in [0.15, 0.2) is 11.5 Å². The first-order valence-corrected chi connectivity index (χ1v) is 10.6. The van der Waals surface area contributed by atoms with Crippen molar-refractivity contribution in [3.63, 3.8) is 0 Å². The third-order valence-corrected chi connectivity index (χ3v) is 5.81. The van der Waals surface area contributed by atoms with E-state index in [1.807, 2.05) is 37.3 Å². The number of carbonyl (C=O) groups is 2. The number of nitrogens with zero attached hydrogens (tertiary/aromatic N) is 2. The van der Waals surface area contributed by atoms with Crippen LogP contribution in [0.3, 0.4) is 0 Å². The maximum atomic E-state index is 13.3. The molecule has 2 aliphatic carbocycles. The fraction of sp³-hybridized carbons (Fsp3) is 0.478. The fourth-order valence-corrected chi connectivity index (χ4v) is 3.83. The highest BCUT2D eigenvalue weighted by Crippen LogP contribution is 2.36. The minimum Gasteiger partial charge on any atom is -0.464 e. The highest BCUT2D eigenvalue weighted by atomic mass is 16.7. The second-order valence-electron chi connectivity index (χ2n) is 8.42.